The largest absolute Gasteiger partial charge is 0.392 e. The Hall–Kier alpha value is -1.10. The second-order valence-corrected chi connectivity index (χ2v) is 3.97. The zero-order chi connectivity index (χ0) is 12.5. The van der Waals surface area contributed by atoms with Crippen LogP contribution in [-0.4, -0.2) is 5.11 Å². The normalized spacial score (nSPS) is 11.2. The molecule has 1 aromatic rings. The minimum atomic E-state index is -1.88. The fraction of sp³-hybridized carbons (Fsp3) is 0.455. The zero-order valence-electron chi connectivity index (χ0n) is 8.95. The summed E-state index contributed by atoms with van der Waals surface area (Å²) >= 11 is 0. The average Bonchev–Trinajstić information content (AvgIpc) is 2.23. The van der Waals surface area contributed by atoms with E-state index in [1.165, 1.54) is 0 Å². The van der Waals surface area contributed by atoms with Gasteiger partial charge < -0.3 is 5.11 Å². The first-order valence-corrected chi connectivity index (χ1v) is 4.84. The monoisotopic (exact) mass is 236 g/mol. The van der Waals surface area contributed by atoms with Gasteiger partial charge in [-0.25, -0.2) is 17.6 Å². The van der Waals surface area contributed by atoms with Gasteiger partial charge in [-0.2, -0.15) is 0 Å². The fourth-order valence-corrected chi connectivity index (χ4v) is 1.51. The lowest BCUT2D eigenvalue weighted by Crippen LogP contribution is -2.11. The summed E-state index contributed by atoms with van der Waals surface area (Å²) in [6.45, 7) is 2.58. The highest BCUT2D eigenvalue weighted by Gasteiger charge is 2.24. The van der Waals surface area contributed by atoms with Crippen molar-refractivity contribution in [2.45, 2.75) is 26.9 Å². The van der Waals surface area contributed by atoms with E-state index in [2.05, 4.69) is 0 Å². The maximum atomic E-state index is 13.4. The van der Waals surface area contributed by atoms with Crippen molar-refractivity contribution in [3.05, 3.63) is 34.4 Å². The molecule has 0 unspecified atom stereocenters. The number of rotatable bonds is 3. The molecule has 0 saturated carbocycles. The van der Waals surface area contributed by atoms with Crippen LogP contribution in [0.1, 0.15) is 25.0 Å². The topological polar surface area (TPSA) is 20.2 Å². The van der Waals surface area contributed by atoms with E-state index >= 15 is 0 Å². The number of halogens is 4. The highest BCUT2D eigenvalue weighted by atomic mass is 19.2. The Morgan fingerprint density at radius 1 is 0.875 bits per heavy atom. The molecule has 1 nitrogen and oxygen atoms in total. The molecule has 1 N–H and O–H groups in total. The molecule has 0 bridgehead atoms. The Balaban J connectivity index is 3.44. The summed E-state index contributed by atoms with van der Waals surface area (Å²) in [4.78, 5) is 0. The summed E-state index contributed by atoms with van der Waals surface area (Å²) in [6, 6.07) is 0. The quantitative estimate of drug-likeness (QED) is 0.486. The minimum absolute atomic E-state index is 0.0375. The molecular formula is C11H12F4O. The van der Waals surface area contributed by atoms with E-state index in [9.17, 15) is 17.6 Å². The van der Waals surface area contributed by atoms with Gasteiger partial charge in [-0.15, -0.1) is 0 Å². The first-order valence-electron chi connectivity index (χ1n) is 4.84. The van der Waals surface area contributed by atoms with Crippen LogP contribution < -0.4 is 0 Å². The van der Waals surface area contributed by atoms with Crippen LogP contribution in [0.2, 0.25) is 0 Å². The van der Waals surface area contributed by atoms with Gasteiger partial charge in [-0.3, -0.25) is 0 Å². The third-order valence-electron chi connectivity index (χ3n) is 2.24. The molecule has 0 aliphatic rings. The molecule has 0 atom stereocenters. The van der Waals surface area contributed by atoms with Gasteiger partial charge in [0.1, 0.15) is 0 Å². The molecule has 0 radical (unpaired) electrons. The average molecular weight is 236 g/mol. The second kappa shape index (κ2) is 4.82. The Labute approximate surface area is 90.7 Å². The molecule has 16 heavy (non-hydrogen) atoms. The molecular weight excluding hydrogens is 224 g/mol. The number of hydrogen-bond acceptors (Lipinski definition) is 1. The highest BCUT2D eigenvalue weighted by Crippen LogP contribution is 2.26. The predicted molar refractivity (Wildman–Crippen MR) is 50.7 cm³/mol. The molecule has 90 valence electrons. The van der Waals surface area contributed by atoms with E-state index in [0.717, 1.165) is 0 Å². The summed E-state index contributed by atoms with van der Waals surface area (Å²) in [5.41, 5.74) is -0.806. The van der Waals surface area contributed by atoms with Crippen LogP contribution >= 0.6 is 0 Å². The van der Waals surface area contributed by atoms with Gasteiger partial charge in [-0.1, -0.05) is 13.8 Å². The van der Waals surface area contributed by atoms with Crippen LogP contribution in [-0.2, 0) is 13.0 Å². The van der Waals surface area contributed by atoms with Crippen molar-refractivity contribution in [1.82, 2.24) is 0 Å². The van der Waals surface area contributed by atoms with E-state index in [-0.39, 0.29) is 17.9 Å². The van der Waals surface area contributed by atoms with Gasteiger partial charge in [0, 0.05) is 5.56 Å². The molecule has 0 amide bonds. The van der Waals surface area contributed by atoms with Gasteiger partial charge in [0.15, 0.2) is 23.3 Å². The van der Waals surface area contributed by atoms with Gasteiger partial charge in [0.2, 0.25) is 0 Å². The summed E-state index contributed by atoms with van der Waals surface area (Å²) in [6.07, 6.45) is 0.0375. The third-order valence-corrected chi connectivity index (χ3v) is 2.24. The van der Waals surface area contributed by atoms with Crippen LogP contribution in [0, 0.1) is 29.2 Å². The van der Waals surface area contributed by atoms with Crippen molar-refractivity contribution >= 4 is 0 Å². The number of aliphatic hydroxyl groups excluding tert-OH is 1. The Kier molecular flexibility index (Phi) is 3.91. The van der Waals surface area contributed by atoms with Crippen molar-refractivity contribution in [3.8, 4) is 0 Å². The standard InChI is InChI=1S/C11H12F4O/c1-5(2)3-6-7(4-16)9(13)11(15)10(14)8(6)12/h5,16H,3-4H2,1-2H3. The minimum Gasteiger partial charge on any atom is -0.392 e. The molecule has 1 rings (SSSR count). The Morgan fingerprint density at radius 2 is 1.31 bits per heavy atom. The maximum absolute atomic E-state index is 13.4. The lowest BCUT2D eigenvalue weighted by Gasteiger charge is -2.13. The fourth-order valence-electron chi connectivity index (χ4n) is 1.51. The summed E-state index contributed by atoms with van der Waals surface area (Å²) < 4.78 is 52.4. The van der Waals surface area contributed by atoms with E-state index < -0.39 is 35.4 Å². The molecule has 0 aromatic heterocycles. The molecule has 5 heteroatoms. The SMILES string of the molecule is CC(C)Cc1c(F)c(F)c(F)c(F)c1CO. The first-order chi connectivity index (χ1) is 7.40. The molecule has 0 fully saturated rings. The number of hydrogen-bond donors (Lipinski definition) is 1. The van der Waals surface area contributed by atoms with Gasteiger partial charge >= 0.3 is 0 Å². The maximum Gasteiger partial charge on any atom is 0.197 e. The molecule has 0 aliphatic carbocycles. The predicted octanol–water partition coefficient (Wildman–Crippen LogP) is 2.93. The first kappa shape index (κ1) is 13.0. The summed E-state index contributed by atoms with van der Waals surface area (Å²) in [5.74, 6) is -6.71. The third kappa shape index (κ3) is 2.19. The molecule has 1 aromatic carbocycles. The van der Waals surface area contributed by atoms with Crippen LogP contribution in [0.25, 0.3) is 0 Å². The Bertz CT molecular complexity index is 402. The van der Waals surface area contributed by atoms with Crippen LogP contribution in [0.15, 0.2) is 0 Å². The van der Waals surface area contributed by atoms with Crippen molar-refractivity contribution in [2.75, 3.05) is 0 Å². The molecule has 0 heterocycles. The molecule has 0 spiro atoms. The zero-order valence-corrected chi connectivity index (χ0v) is 8.95. The van der Waals surface area contributed by atoms with Gasteiger partial charge in [-0.05, 0) is 17.9 Å². The van der Waals surface area contributed by atoms with E-state index in [1.807, 2.05) is 0 Å². The summed E-state index contributed by atoms with van der Waals surface area (Å²) in [7, 11) is 0. The Morgan fingerprint density at radius 3 is 1.69 bits per heavy atom. The second-order valence-electron chi connectivity index (χ2n) is 3.97. The van der Waals surface area contributed by atoms with Crippen LogP contribution in [0.5, 0.6) is 0 Å². The van der Waals surface area contributed by atoms with Crippen molar-refractivity contribution in [3.63, 3.8) is 0 Å². The van der Waals surface area contributed by atoms with Crippen molar-refractivity contribution in [1.29, 1.82) is 0 Å². The summed E-state index contributed by atoms with van der Waals surface area (Å²) in [5, 5.41) is 8.86. The van der Waals surface area contributed by atoms with Crippen molar-refractivity contribution < 1.29 is 22.7 Å². The number of aliphatic hydroxyl groups is 1. The molecule has 0 aliphatic heterocycles. The lowest BCUT2D eigenvalue weighted by atomic mass is 9.96. The lowest BCUT2D eigenvalue weighted by molar-refractivity contribution is 0.267. The van der Waals surface area contributed by atoms with E-state index in [4.69, 9.17) is 5.11 Å². The van der Waals surface area contributed by atoms with Crippen LogP contribution in [0.4, 0.5) is 17.6 Å². The highest BCUT2D eigenvalue weighted by molar-refractivity contribution is 5.32. The molecule has 0 saturated heterocycles. The van der Waals surface area contributed by atoms with E-state index in [0.29, 0.717) is 0 Å². The van der Waals surface area contributed by atoms with Gasteiger partial charge in [0.05, 0.1) is 6.61 Å². The van der Waals surface area contributed by atoms with Crippen LogP contribution in [0.3, 0.4) is 0 Å². The number of benzene rings is 1. The van der Waals surface area contributed by atoms with Crippen molar-refractivity contribution in [2.24, 2.45) is 5.92 Å². The van der Waals surface area contributed by atoms with Gasteiger partial charge in [0.25, 0.3) is 0 Å². The van der Waals surface area contributed by atoms with E-state index in [1.54, 1.807) is 13.8 Å². The smallest absolute Gasteiger partial charge is 0.197 e.